The average Bonchev–Trinajstić information content (AvgIpc) is 3.83. The Hall–Kier alpha value is -6.56. The molecule has 0 atom stereocenters. The lowest BCUT2D eigenvalue weighted by Gasteiger charge is -2.30. The molecule has 0 fully saturated rings. The number of nitrogens with zero attached hydrogens (tertiary/aromatic N) is 3. The predicted molar refractivity (Wildman–Crippen MR) is 212 cm³/mol. The molecule has 10 aromatic rings. The molecule has 0 unspecified atom stereocenters. The molecule has 5 heteroatoms. The third-order valence-electron chi connectivity index (χ3n) is 10.7. The topological polar surface area (TPSA) is 43.9 Å². The first-order valence-corrected chi connectivity index (χ1v) is 19.3. The third-order valence-corrected chi connectivity index (χ3v) is 15.4. The summed E-state index contributed by atoms with van der Waals surface area (Å²) in [5.74, 6) is 0.658. The van der Waals surface area contributed by atoms with Crippen LogP contribution in [-0.2, 0) is 0 Å². The monoisotopic (exact) mass is 667 g/mol. The maximum absolute atomic E-state index is 6.46. The minimum atomic E-state index is -2.92. The van der Waals surface area contributed by atoms with Gasteiger partial charge >= 0.3 is 0 Å². The second-order valence-electron chi connectivity index (χ2n) is 13.3. The summed E-state index contributed by atoms with van der Waals surface area (Å²) in [5, 5.41) is 9.58. The number of hydrogen-bond donors (Lipinski definition) is 0. The van der Waals surface area contributed by atoms with Gasteiger partial charge in [-0.25, -0.2) is 9.97 Å². The zero-order valence-electron chi connectivity index (χ0n) is 27.5. The first-order chi connectivity index (χ1) is 25.3. The highest BCUT2D eigenvalue weighted by atomic mass is 28.3. The Kier molecular flexibility index (Phi) is 5.95. The zero-order chi connectivity index (χ0) is 33.5. The number of para-hydroxylation sites is 2. The van der Waals surface area contributed by atoms with E-state index in [2.05, 4.69) is 168 Å². The fourth-order valence-electron chi connectivity index (χ4n) is 8.57. The normalized spacial score (nSPS) is 13.3. The van der Waals surface area contributed by atoms with Crippen LogP contribution >= 0.6 is 0 Å². The first kappa shape index (κ1) is 28.3. The van der Waals surface area contributed by atoms with Crippen LogP contribution in [0.3, 0.4) is 0 Å². The molecule has 0 saturated heterocycles. The van der Waals surface area contributed by atoms with Crippen molar-refractivity contribution in [2.45, 2.75) is 0 Å². The Morgan fingerprint density at radius 2 is 1.10 bits per heavy atom. The van der Waals surface area contributed by atoms with Crippen LogP contribution in [0.15, 0.2) is 180 Å². The number of aromatic nitrogens is 3. The Bertz CT molecular complexity index is 2930. The smallest absolute Gasteiger partial charge is 0.235 e. The van der Waals surface area contributed by atoms with Gasteiger partial charge in [-0.2, -0.15) is 0 Å². The summed E-state index contributed by atoms with van der Waals surface area (Å²) in [7, 11) is -2.92. The highest BCUT2D eigenvalue weighted by Crippen LogP contribution is 2.40. The van der Waals surface area contributed by atoms with Gasteiger partial charge in [-0.05, 0) is 39.3 Å². The molecule has 0 aliphatic carbocycles. The number of hydrogen-bond acceptors (Lipinski definition) is 3. The van der Waals surface area contributed by atoms with Gasteiger partial charge in [0.15, 0.2) is 0 Å². The summed E-state index contributed by atoms with van der Waals surface area (Å²) in [6, 6.07) is 62.9. The largest absolute Gasteiger partial charge is 0.456 e. The second kappa shape index (κ2) is 10.7. The molecule has 4 nitrogen and oxygen atoms in total. The van der Waals surface area contributed by atoms with E-state index in [0.29, 0.717) is 5.95 Å². The number of rotatable bonds is 4. The van der Waals surface area contributed by atoms with Crippen LogP contribution in [-0.4, -0.2) is 22.6 Å². The maximum atomic E-state index is 6.46. The summed E-state index contributed by atoms with van der Waals surface area (Å²) < 4.78 is 8.71. The van der Waals surface area contributed by atoms with Gasteiger partial charge in [0.2, 0.25) is 14.0 Å². The molecule has 0 saturated carbocycles. The molecule has 4 heterocycles. The molecule has 0 spiro atoms. The van der Waals surface area contributed by atoms with Crippen LogP contribution < -0.4 is 20.9 Å². The van der Waals surface area contributed by atoms with Crippen molar-refractivity contribution in [3.63, 3.8) is 0 Å². The van der Waals surface area contributed by atoms with E-state index in [9.17, 15) is 0 Å². The van der Waals surface area contributed by atoms with Gasteiger partial charge < -0.3 is 4.42 Å². The fourth-order valence-corrected chi connectivity index (χ4v) is 13.6. The lowest BCUT2D eigenvalue weighted by molar-refractivity contribution is 0.669. The van der Waals surface area contributed by atoms with E-state index in [1.165, 1.54) is 21.1 Å². The average molecular weight is 668 g/mol. The van der Waals surface area contributed by atoms with E-state index in [0.717, 1.165) is 65.9 Å². The van der Waals surface area contributed by atoms with Crippen molar-refractivity contribution in [3.05, 3.63) is 176 Å². The van der Waals surface area contributed by atoms with Crippen LogP contribution in [0.2, 0.25) is 0 Å². The number of fused-ring (bicyclic) bond motifs is 9. The summed E-state index contributed by atoms with van der Waals surface area (Å²) >= 11 is 0. The molecule has 11 rings (SSSR count). The molecule has 238 valence electrons. The molecule has 1 aliphatic heterocycles. The molecule has 0 radical (unpaired) electrons. The van der Waals surface area contributed by atoms with E-state index >= 15 is 0 Å². The number of furan rings is 1. The molecule has 7 aromatic carbocycles. The number of benzene rings is 7. The lowest BCUT2D eigenvalue weighted by Crippen LogP contribution is -2.73. The minimum Gasteiger partial charge on any atom is -0.456 e. The van der Waals surface area contributed by atoms with Crippen molar-refractivity contribution in [3.8, 4) is 28.3 Å². The summed E-state index contributed by atoms with van der Waals surface area (Å²) in [5.41, 5.74) is 8.16. The molecule has 51 heavy (non-hydrogen) atoms. The Morgan fingerprint density at radius 1 is 0.471 bits per heavy atom. The summed E-state index contributed by atoms with van der Waals surface area (Å²) in [6.07, 6.45) is 0. The van der Waals surface area contributed by atoms with E-state index in [1.807, 2.05) is 12.1 Å². The fraction of sp³-hybridized carbons (Fsp3) is 0. The van der Waals surface area contributed by atoms with Crippen molar-refractivity contribution in [2.24, 2.45) is 0 Å². The van der Waals surface area contributed by atoms with Crippen LogP contribution in [0.4, 0.5) is 0 Å². The highest BCUT2D eigenvalue weighted by Gasteiger charge is 2.51. The quantitative estimate of drug-likeness (QED) is 0.177. The zero-order valence-corrected chi connectivity index (χ0v) is 28.5. The Morgan fingerprint density at radius 3 is 1.86 bits per heavy atom. The van der Waals surface area contributed by atoms with E-state index in [-0.39, 0.29) is 0 Å². The van der Waals surface area contributed by atoms with Crippen molar-refractivity contribution in [2.75, 3.05) is 0 Å². The van der Waals surface area contributed by atoms with Crippen LogP contribution in [0.5, 0.6) is 0 Å². The van der Waals surface area contributed by atoms with Crippen LogP contribution in [0.25, 0.3) is 72.1 Å². The van der Waals surface area contributed by atoms with Crippen molar-refractivity contribution in [1.29, 1.82) is 0 Å². The first-order valence-electron chi connectivity index (χ1n) is 17.3. The van der Waals surface area contributed by atoms with Gasteiger partial charge in [-0.1, -0.05) is 152 Å². The molecule has 3 aromatic heterocycles. The van der Waals surface area contributed by atoms with Crippen molar-refractivity contribution >= 4 is 72.7 Å². The van der Waals surface area contributed by atoms with Gasteiger partial charge in [0.05, 0.1) is 22.0 Å². The Labute approximate surface area is 294 Å². The van der Waals surface area contributed by atoms with Crippen LogP contribution in [0, 0.1) is 0 Å². The van der Waals surface area contributed by atoms with Gasteiger partial charge in [-0.15, -0.1) is 0 Å². The molecular formula is C46H29N3OSi. The van der Waals surface area contributed by atoms with E-state index < -0.39 is 8.07 Å². The predicted octanol–water partition coefficient (Wildman–Crippen LogP) is 8.50. The highest BCUT2D eigenvalue weighted by molar-refractivity contribution is 7.21. The summed E-state index contributed by atoms with van der Waals surface area (Å²) in [6.45, 7) is 0. The Balaban J connectivity index is 1.32. The molecular weight excluding hydrogens is 639 g/mol. The summed E-state index contributed by atoms with van der Waals surface area (Å²) in [4.78, 5) is 11.4. The standard InChI is InChI=1S/C46H29N3OSi/c1-4-16-30(17-5-1)44-43-35-24-12-15-27-42(35)51(31-18-6-2-7-19-31,32-20-8-3-9-21-32)45(43)48-46(47-44)49-38-25-13-10-22-33(38)36-28-37-34-23-11-14-26-40(34)50-41(37)29-39(36)49/h1-29H. The second-order valence-corrected chi connectivity index (χ2v) is 17.0. The molecule has 1 aliphatic rings. The van der Waals surface area contributed by atoms with Gasteiger partial charge in [0.25, 0.3) is 0 Å². The molecule has 0 N–H and O–H groups in total. The molecule has 0 amide bonds. The van der Waals surface area contributed by atoms with E-state index in [1.54, 1.807) is 0 Å². The van der Waals surface area contributed by atoms with Crippen molar-refractivity contribution < 1.29 is 4.42 Å². The van der Waals surface area contributed by atoms with Gasteiger partial charge in [0.1, 0.15) is 11.2 Å². The molecule has 0 bridgehead atoms. The van der Waals surface area contributed by atoms with E-state index in [4.69, 9.17) is 14.4 Å². The van der Waals surface area contributed by atoms with Crippen LogP contribution in [0.1, 0.15) is 0 Å². The third kappa shape index (κ3) is 3.89. The minimum absolute atomic E-state index is 0.658. The SMILES string of the molecule is c1ccc(-c2nc(-n3c4ccccc4c4cc5c(cc43)oc3ccccc35)nc3c2-c2ccccc2[Si]3(c2ccccc2)c2ccccc2)cc1. The van der Waals surface area contributed by atoms with Crippen molar-refractivity contribution in [1.82, 2.24) is 14.5 Å². The maximum Gasteiger partial charge on any atom is 0.235 e. The lowest BCUT2D eigenvalue weighted by atomic mass is 10.0. The van der Waals surface area contributed by atoms with Gasteiger partial charge in [-0.3, -0.25) is 4.57 Å². The van der Waals surface area contributed by atoms with Gasteiger partial charge in [0, 0.05) is 38.7 Å².